The zero-order valence-corrected chi connectivity index (χ0v) is 12.3. The Morgan fingerprint density at radius 3 is 1.90 bits per heavy atom. The van der Waals surface area contributed by atoms with Crippen LogP contribution < -0.4 is 4.74 Å². The minimum atomic E-state index is -0.866. The molecule has 6 nitrogen and oxygen atoms in total. The number of carbonyl (C=O) groups excluding carboxylic acids is 3. The first-order chi connectivity index (χ1) is 9.90. The van der Waals surface area contributed by atoms with Crippen LogP contribution >= 0.6 is 0 Å². The van der Waals surface area contributed by atoms with Crippen LogP contribution in [0.25, 0.3) is 5.76 Å². The van der Waals surface area contributed by atoms with E-state index in [4.69, 9.17) is 9.47 Å². The summed E-state index contributed by atoms with van der Waals surface area (Å²) in [6.07, 6.45) is 0. The SMILES string of the molecule is COC(=O)/C(C(C)=O)=C(\OC(C)=O)c1ccc(OC)cc1. The molecule has 0 fully saturated rings. The number of ether oxygens (including phenoxy) is 3. The van der Waals surface area contributed by atoms with Crippen molar-refractivity contribution in [1.29, 1.82) is 0 Å². The minimum Gasteiger partial charge on any atom is -0.497 e. The van der Waals surface area contributed by atoms with Gasteiger partial charge >= 0.3 is 11.9 Å². The highest BCUT2D eigenvalue weighted by molar-refractivity contribution is 6.21. The zero-order valence-electron chi connectivity index (χ0n) is 12.3. The van der Waals surface area contributed by atoms with Gasteiger partial charge in [-0.05, 0) is 31.2 Å². The van der Waals surface area contributed by atoms with Crippen LogP contribution in [0.3, 0.4) is 0 Å². The number of carbonyl (C=O) groups is 3. The van der Waals surface area contributed by atoms with E-state index in [2.05, 4.69) is 4.74 Å². The Hall–Kier alpha value is -2.63. The van der Waals surface area contributed by atoms with Crippen LogP contribution in [0.4, 0.5) is 0 Å². The van der Waals surface area contributed by atoms with Crippen molar-refractivity contribution < 1.29 is 28.6 Å². The molecule has 0 unspecified atom stereocenters. The molecule has 0 radical (unpaired) electrons. The molecule has 0 aliphatic heterocycles. The van der Waals surface area contributed by atoms with E-state index in [0.717, 1.165) is 7.11 Å². The molecular weight excluding hydrogens is 276 g/mol. The van der Waals surface area contributed by atoms with Crippen LogP contribution in [0.5, 0.6) is 5.75 Å². The van der Waals surface area contributed by atoms with E-state index < -0.39 is 17.7 Å². The summed E-state index contributed by atoms with van der Waals surface area (Å²) >= 11 is 0. The molecule has 0 spiro atoms. The van der Waals surface area contributed by atoms with Gasteiger partial charge in [-0.2, -0.15) is 0 Å². The fraction of sp³-hybridized carbons (Fsp3) is 0.267. The lowest BCUT2D eigenvalue weighted by atomic mass is 10.1. The minimum absolute atomic E-state index is 0.135. The maximum absolute atomic E-state index is 11.8. The second-order valence-electron chi connectivity index (χ2n) is 4.07. The van der Waals surface area contributed by atoms with E-state index in [0.29, 0.717) is 11.3 Å². The Kier molecular flexibility index (Phi) is 5.66. The molecule has 0 aliphatic rings. The molecule has 0 saturated carbocycles. The summed E-state index contributed by atoms with van der Waals surface area (Å²) in [5, 5.41) is 0. The molecule has 112 valence electrons. The number of benzene rings is 1. The smallest absolute Gasteiger partial charge is 0.345 e. The molecule has 21 heavy (non-hydrogen) atoms. The number of methoxy groups -OCH3 is 2. The van der Waals surface area contributed by atoms with E-state index in [1.165, 1.54) is 21.0 Å². The van der Waals surface area contributed by atoms with Crippen LogP contribution in [-0.2, 0) is 23.9 Å². The average Bonchev–Trinajstić information content (AvgIpc) is 2.45. The van der Waals surface area contributed by atoms with Gasteiger partial charge in [0.15, 0.2) is 11.5 Å². The second kappa shape index (κ2) is 7.23. The number of Topliss-reactive ketones (excluding diaryl/α,β-unsaturated/α-hetero) is 1. The van der Waals surface area contributed by atoms with Gasteiger partial charge in [-0.3, -0.25) is 9.59 Å². The molecule has 0 amide bonds. The van der Waals surface area contributed by atoms with Gasteiger partial charge in [0.2, 0.25) is 0 Å². The summed E-state index contributed by atoms with van der Waals surface area (Å²) in [5.74, 6) is -1.63. The highest BCUT2D eigenvalue weighted by Crippen LogP contribution is 2.24. The Morgan fingerprint density at radius 2 is 1.52 bits per heavy atom. The zero-order chi connectivity index (χ0) is 16.0. The lowest BCUT2D eigenvalue weighted by Crippen LogP contribution is -2.16. The largest absolute Gasteiger partial charge is 0.497 e. The van der Waals surface area contributed by atoms with Gasteiger partial charge in [-0.1, -0.05) is 0 Å². The summed E-state index contributed by atoms with van der Waals surface area (Å²) in [4.78, 5) is 34.7. The predicted molar refractivity (Wildman–Crippen MR) is 74.4 cm³/mol. The maximum atomic E-state index is 11.8. The topological polar surface area (TPSA) is 78.9 Å². The standard InChI is InChI=1S/C15H16O6/c1-9(16)13(15(18)20-4)14(21-10(2)17)11-5-7-12(19-3)8-6-11/h5-8H,1-4H3/b14-13-. The summed E-state index contributed by atoms with van der Waals surface area (Å²) < 4.78 is 14.6. The van der Waals surface area contributed by atoms with Crippen molar-refractivity contribution in [3.05, 3.63) is 35.4 Å². The summed E-state index contributed by atoms with van der Waals surface area (Å²) in [7, 11) is 2.65. The first kappa shape index (κ1) is 16.4. The second-order valence-corrected chi connectivity index (χ2v) is 4.07. The van der Waals surface area contributed by atoms with Gasteiger partial charge in [-0.15, -0.1) is 0 Å². The summed E-state index contributed by atoms with van der Waals surface area (Å²) in [5.41, 5.74) is 0.0690. The molecule has 0 atom stereocenters. The van der Waals surface area contributed by atoms with Gasteiger partial charge in [0.25, 0.3) is 0 Å². The van der Waals surface area contributed by atoms with Crippen LogP contribution in [0, 0.1) is 0 Å². The third kappa shape index (κ3) is 4.17. The van der Waals surface area contributed by atoms with Crippen LogP contribution in [0.1, 0.15) is 19.4 Å². The van der Waals surface area contributed by atoms with Crippen LogP contribution in [0.15, 0.2) is 29.8 Å². The molecule has 0 bridgehead atoms. The van der Waals surface area contributed by atoms with Crippen molar-refractivity contribution in [2.75, 3.05) is 14.2 Å². The third-order valence-corrected chi connectivity index (χ3v) is 2.57. The number of ketones is 1. The Balaban J connectivity index is 3.46. The number of esters is 2. The third-order valence-electron chi connectivity index (χ3n) is 2.57. The van der Waals surface area contributed by atoms with E-state index >= 15 is 0 Å². The maximum Gasteiger partial charge on any atom is 0.345 e. The van der Waals surface area contributed by atoms with E-state index in [9.17, 15) is 14.4 Å². The lowest BCUT2D eigenvalue weighted by Gasteiger charge is -2.12. The number of rotatable bonds is 5. The Morgan fingerprint density at radius 1 is 0.952 bits per heavy atom. The number of hydrogen-bond acceptors (Lipinski definition) is 6. The van der Waals surface area contributed by atoms with E-state index in [1.807, 2.05) is 0 Å². The van der Waals surface area contributed by atoms with Crippen molar-refractivity contribution in [3.8, 4) is 5.75 Å². The molecule has 0 N–H and O–H groups in total. The molecular formula is C15H16O6. The van der Waals surface area contributed by atoms with Crippen molar-refractivity contribution in [1.82, 2.24) is 0 Å². The molecule has 0 heterocycles. The monoisotopic (exact) mass is 292 g/mol. The summed E-state index contributed by atoms with van der Waals surface area (Å²) in [6, 6.07) is 6.38. The summed E-state index contributed by atoms with van der Waals surface area (Å²) in [6.45, 7) is 2.37. The lowest BCUT2D eigenvalue weighted by molar-refractivity contribution is -0.137. The van der Waals surface area contributed by atoms with Crippen LogP contribution in [-0.4, -0.2) is 31.9 Å². The Bertz CT molecular complexity index is 583. The van der Waals surface area contributed by atoms with Gasteiger partial charge in [0.05, 0.1) is 14.2 Å². The molecule has 0 aliphatic carbocycles. The quantitative estimate of drug-likeness (QED) is 0.270. The first-order valence-electron chi connectivity index (χ1n) is 6.07. The number of hydrogen-bond donors (Lipinski definition) is 0. The molecule has 1 aromatic carbocycles. The van der Waals surface area contributed by atoms with Crippen LogP contribution in [0.2, 0.25) is 0 Å². The molecule has 0 aromatic heterocycles. The van der Waals surface area contributed by atoms with E-state index in [1.54, 1.807) is 24.3 Å². The molecule has 1 rings (SSSR count). The highest BCUT2D eigenvalue weighted by Gasteiger charge is 2.24. The normalized spacial score (nSPS) is 11.2. The molecule has 6 heteroatoms. The van der Waals surface area contributed by atoms with Gasteiger partial charge in [-0.25, -0.2) is 4.79 Å². The van der Waals surface area contributed by atoms with Gasteiger partial charge in [0, 0.05) is 12.5 Å². The van der Waals surface area contributed by atoms with Crippen molar-refractivity contribution in [2.45, 2.75) is 13.8 Å². The highest BCUT2D eigenvalue weighted by atomic mass is 16.5. The fourth-order valence-electron chi connectivity index (χ4n) is 1.64. The Labute approximate surface area is 122 Å². The van der Waals surface area contributed by atoms with Crippen molar-refractivity contribution in [2.24, 2.45) is 0 Å². The fourth-order valence-corrected chi connectivity index (χ4v) is 1.64. The van der Waals surface area contributed by atoms with Crippen molar-refractivity contribution >= 4 is 23.5 Å². The van der Waals surface area contributed by atoms with Gasteiger partial charge < -0.3 is 14.2 Å². The van der Waals surface area contributed by atoms with E-state index in [-0.39, 0.29) is 11.3 Å². The van der Waals surface area contributed by atoms with Gasteiger partial charge in [0.1, 0.15) is 11.3 Å². The molecule has 0 saturated heterocycles. The van der Waals surface area contributed by atoms with Crippen molar-refractivity contribution in [3.63, 3.8) is 0 Å². The predicted octanol–water partition coefficient (Wildman–Crippen LogP) is 1.73. The molecule has 1 aromatic rings. The average molecular weight is 292 g/mol. The first-order valence-corrected chi connectivity index (χ1v) is 6.07.